The van der Waals surface area contributed by atoms with Crippen LogP contribution in [0.25, 0.3) is 0 Å². The van der Waals surface area contributed by atoms with Gasteiger partial charge in [-0.3, -0.25) is 4.31 Å². The Morgan fingerprint density at radius 1 is 1.00 bits per heavy atom. The zero-order valence-corrected chi connectivity index (χ0v) is 15.6. The normalized spacial score (nSPS) is 17.2. The molecule has 2 aliphatic heterocycles. The average molecular weight is 377 g/mol. The number of anilines is 2. The number of hydrogen-bond acceptors (Lipinski definition) is 3. The SMILES string of the molecule is O=S(=O)(Cc1ccccc1Cl)N1CCc2ccc(N3CCCC3)cc21. The van der Waals surface area contributed by atoms with E-state index in [1.54, 1.807) is 16.4 Å². The summed E-state index contributed by atoms with van der Waals surface area (Å²) in [5.74, 6) is -0.0694. The largest absolute Gasteiger partial charge is 0.371 e. The maximum absolute atomic E-state index is 13.0. The maximum Gasteiger partial charge on any atom is 0.239 e. The summed E-state index contributed by atoms with van der Waals surface area (Å²) in [6.07, 6.45) is 3.16. The molecular weight excluding hydrogens is 356 g/mol. The summed E-state index contributed by atoms with van der Waals surface area (Å²) in [7, 11) is -3.46. The average Bonchev–Trinajstić information content (AvgIpc) is 3.25. The quantitative estimate of drug-likeness (QED) is 0.814. The number of sulfonamides is 1. The molecule has 2 aliphatic rings. The highest BCUT2D eigenvalue weighted by Gasteiger charge is 2.30. The first-order valence-corrected chi connectivity index (χ1v) is 10.6. The van der Waals surface area contributed by atoms with E-state index >= 15 is 0 Å². The second-order valence-electron chi connectivity index (χ2n) is 6.68. The molecule has 0 saturated carbocycles. The van der Waals surface area contributed by atoms with Crippen molar-refractivity contribution >= 4 is 33.0 Å². The van der Waals surface area contributed by atoms with E-state index < -0.39 is 10.0 Å². The lowest BCUT2D eigenvalue weighted by atomic mass is 10.1. The van der Waals surface area contributed by atoms with Crippen molar-refractivity contribution in [3.63, 3.8) is 0 Å². The van der Waals surface area contributed by atoms with Crippen molar-refractivity contribution in [2.75, 3.05) is 28.8 Å². The fourth-order valence-corrected chi connectivity index (χ4v) is 5.61. The van der Waals surface area contributed by atoms with E-state index in [1.807, 2.05) is 18.2 Å². The van der Waals surface area contributed by atoms with Gasteiger partial charge in [0.05, 0.1) is 11.4 Å². The predicted octanol–water partition coefficient (Wildman–Crippen LogP) is 3.83. The number of nitrogens with zero attached hydrogens (tertiary/aromatic N) is 2. The molecule has 2 heterocycles. The van der Waals surface area contributed by atoms with E-state index in [1.165, 1.54) is 12.8 Å². The molecule has 132 valence electrons. The minimum Gasteiger partial charge on any atom is -0.371 e. The van der Waals surface area contributed by atoms with Crippen LogP contribution in [0.15, 0.2) is 42.5 Å². The molecule has 0 radical (unpaired) electrons. The van der Waals surface area contributed by atoms with E-state index in [0.717, 1.165) is 36.4 Å². The van der Waals surface area contributed by atoms with Gasteiger partial charge in [-0.05, 0) is 48.6 Å². The Kier molecular flexibility index (Phi) is 4.38. The molecule has 6 heteroatoms. The van der Waals surface area contributed by atoms with E-state index in [2.05, 4.69) is 17.0 Å². The van der Waals surface area contributed by atoms with Gasteiger partial charge in [-0.15, -0.1) is 0 Å². The molecule has 2 aromatic rings. The van der Waals surface area contributed by atoms with Gasteiger partial charge in [0, 0.05) is 30.3 Å². The van der Waals surface area contributed by atoms with Crippen LogP contribution in [0.4, 0.5) is 11.4 Å². The van der Waals surface area contributed by atoms with E-state index in [0.29, 0.717) is 17.1 Å². The molecule has 25 heavy (non-hydrogen) atoms. The summed E-state index contributed by atoms with van der Waals surface area (Å²) in [6, 6.07) is 13.4. The molecule has 4 rings (SSSR count). The molecule has 0 aromatic heterocycles. The predicted molar refractivity (Wildman–Crippen MR) is 103 cm³/mol. The highest BCUT2D eigenvalue weighted by atomic mass is 35.5. The maximum atomic E-state index is 13.0. The van der Waals surface area contributed by atoms with Crippen molar-refractivity contribution in [1.29, 1.82) is 0 Å². The van der Waals surface area contributed by atoms with Gasteiger partial charge in [0.25, 0.3) is 0 Å². The van der Waals surface area contributed by atoms with Crippen molar-refractivity contribution in [1.82, 2.24) is 0 Å². The third-order valence-corrected chi connectivity index (χ3v) is 7.12. The molecule has 0 bridgehead atoms. The summed E-state index contributed by atoms with van der Waals surface area (Å²) in [6.45, 7) is 2.60. The van der Waals surface area contributed by atoms with Gasteiger partial charge in [0.15, 0.2) is 0 Å². The van der Waals surface area contributed by atoms with Crippen LogP contribution < -0.4 is 9.21 Å². The molecule has 0 unspecified atom stereocenters. The van der Waals surface area contributed by atoms with Crippen LogP contribution in [0.2, 0.25) is 5.02 Å². The first-order valence-electron chi connectivity index (χ1n) is 8.66. The summed E-state index contributed by atoms with van der Waals surface area (Å²) in [5.41, 5.74) is 3.70. The first-order chi connectivity index (χ1) is 12.0. The van der Waals surface area contributed by atoms with Crippen LogP contribution >= 0.6 is 11.6 Å². The Bertz CT molecular complexity index is 892. The topological polar surface area (TPSA) is 40.6 Å². The van der Waals surface area contributed by atoms with Gasteiger partial charge in [0.2, 0.25) is 10.0 Å². The third kappa shape index (κ3) is 3.23. The zero-order valence-electron chi connectivity index (χ0n) is 14.0. The lowest BCUT2D eigenvalue weighted by molar-refractivity contribution is 0.591. The molecule has 2 aromatic carbocycles. The summed E-state index contributed by atoms with van der Waals surface area (Å²) < 4.78 is 27.6. The van der Waals surface area contributed by atoms with Crippen molar-refractivity contribution in [3.05, 3.63) is 58.6 Å². The number of rotatable bonds is 4. The van der Waals surface area contributed by atoms with Crippen LogP contribution in [-0.4, -0.2) is 28.1 Å². The summed E-state index contributed by atoms with van der Waals surface area (Å²) in [5, 5.41) is 0.497. The molecule has 1 fully saturated rings. The Hall–Kier alpha value is -1.72. The Morgan fingerprint density at radius 3 is 2.52 bits per heavy atom. The van der Waals surface area contributed by atoms with Crippen LogP contribution in [0, 0.1) is 0 Å². The van der Waals surface area contributed by atoms with E-state index in [9.17, 15) is 8.42 Å². The van der Waals surface area contributed by atoms with Gasteiger partial charge in [-0.1, -0.05) is 35.9 Å². The lowest BCUT2D eigenvalue weighted by Gasteiger charge is -2.23. The second-order valence-corrected chi connectivity index (χ2v) is 8.98. The molecule has 0 atom stereocenters. The summed E-state index contributed by atoms with van der Waals surface area (Å²) in [4.78, 5) is 2.33. The van der Waals surface area contributed by atoms with Crippen LogP contribution in [0.3, 0.4) is 0 Å². The molecule has 0 amide bonds. The standard InChI is InChI=1S/C19H21ClN2O2S/c20-18-6-2-1-5-16(18)14-25(23,24)22-12-9-15-7-8-17(13-19(15)22)21-10-3-4-11-21/h1-2,5-8,13H,3-4,9-12,14H2. The minimum atomic E-state index is -3.46. The zero-order chi connectivity index (χ0) is 17.4. The Labute approximate surface area is 154 Å². The smallest absolute Gasteiger partial charge is 0.239 e. The molecule has 0 spiro atoms. The van der Waals surface area contributed by atoms with Crippen molar-refractivity contribution in [2.45, 2.75) is 25.0 Å². The van der Waals surface area contributed by atoms with Crippen LogP contribution in [0.5, 0.6) is 0 Å². The van der Waals surface area contributed by atoms with Gasteiger partial charge in [0.1, 0.15) is 0 Å². The Morgan fingerprint density at radius 2 is 1.76 bits per heavy atom. The molecular formula is C19H21ClN2O2S. The molecule has 1 saturated heterocycles. The van der Waals surface area contributed by atoms with Gasteiger partial charge < -0.3 is 4.90 Å². The lowest BCUT2D eigenvalue weighted by Crippen LogP contribution is -2.30. The molecule has 4 nitrogen and oxygen atoms in total. The number of fused-ring (bicyclic) bond motifs is 1. The Balaban J connectivity index is 1.64. The minimum absolute atomic E-state index is 0.0694. The molecule has 0 aliphatic carbocycles. The van der Waals surface area contributed by atoms with Crippen molar-refractivity contribution in [2.24, 2.45) is 0 Å². The molecule has 0 N–H and O–H groups in total. The van der Waals surface area contributed by atoms with Crippen molar-refractivity contribution in [3.8, 4) is 0 Å². The van der Waals surface area contributed by atoms with E-state index in [4.69, 9.17) is 11.6 Å². The third-order valence-electron chi connectivity index (χ3n) is 5.02. The summed E-state index contributed by atoms with van der Waals surface area (Å²) >= 11 is 6.16. The van der Waals surface area contributed by atoms with E-state index in [-0.39, 0.29) is 5.75 Å². The number of benzene rings is 2. The number of hydrogen-bond donors (Lipinski definition) is 0. The second kappa shape index (κ2) is 6.54. The van der Waals surface area contributed by atoms with Crippen molar-refractivity contribution < 1.29 is 8.42 Å². The first kappa shape index (κ1) is 16.7. The fraction of sp³-hybridized carbons (Fsp3) is 0.368. The highest BCUT2D eigenvalue weighted by molar-refractivity contribution is 7.92. The monoisotopic (exact) mass is 376 g/mol. The fourth-order valence-electron chi connectivity index (χ4n) is 3.69. The van der Waals surface area contributed by atoms with Gasteiger partial charge in [-0.2, -0.15) is 0 Å². The van der Waals surface area contributed by atoms with Crippen LogP contribution in [-0.2, 0) is 22.2 Å². The van der Waals surface area contributed by atoms with Gasteiger partial charge >= 0.3 is 0 Å². The van der Waals surface area contributed by atoms with Gasteiger partial charge in [-0.25, -0.2) is 8.42 Å². The highest BCUT2D eigenvalue weighted by Crippen LogP contribution is 2.36. The van der Waals surface area contributed by atoms with Crippen LogP contribution in [0.1, 0.15) is 24.0 Å². The number of halogens is 1.